The Labute approximate surface area is 159 Å². The first-order chi connectivity index (χ1) is 12.7. The SMILES string of the molecule is C=P(C)(C)CC[C@H]1OC(n2cnc3c(OCCC)nc(C)nc32)[C@H](O)[C@@H]1O. The first kappa shape index (κ1) is 20.3. The molecule has 1 aliphatic heterocycles. The van der Waals surface area contributed by atoms with Gasteiger partial charge in [0.25, 0.3) is 0 Å². The minimum atomic E-state index is -1.24. The molecule has 4 atom stereocenters. The minimum Gasteiger partial charge on any atom is -0.476 e. The Balaban J connectivity index is 1.88. The smallest absolute Gasteiger partial charge is 0.245 e. The molecule has 1 aliphatic rings. The second-order valence-electron chi connectivity index (χ2n) is 7.74. The molecule has 1 fully saturated rings. The summed E-state index contributed by atoms with van der Waals surface area (Å²) in [6.07, 6.45) is 4.93. The van der Waals surface area contributed by atoms with Crippen molar-refractivity contribution in [2.45, 2.75) is 51.2 Å². The fourth-order valence-electron chi connectivity index (χ4n) is 3.15. The van der Waals surface area contributed by atoms with Gasteiger partial charge < -0.3 is 19.7 Å². The van der Waals surface area contributed by atoms with Crippen molar-refractivity contribution in [2.24, 2.45) is 0 Å². The quantitative estimate of drug-likeness (QED) is 0.686. The van der Waals surface area contributed by atoms with Gasteiger partial charge in [-0.15, -0.1) is 13.2 Å². The van der Waals surface area contributed by atoms with Crippen molar-refractivity contribution >= 4 is 24.3 Å². The summed E-state index contributed by atoms with van der Waals surface area (Å²) < 4.78 is 13.3. The Kier molecular flexibility index (Phi) is 5.91. The van der Waals surface area contributed by atoms with E-state index in [2.05, 4.69) is 34.6 Å². The van der Waals surface area contributed by atoms with Crippen LogP contribution in [-0.4, -0.2) is 80.4 Å². The van der Waals surface area contributed by atoms with Gasteiger partial charge in [0.1, 0.15) is 18.0 Å². The van der Waals surface area contributed by atoms with Crippen LogP contribution in [0.4, 0.5) is 0 Å². The number of aromatic nitrogens is 4. The van der Waals surface area contributed by atoms with Gasteiger partial charge in [-0.25, -0.2) is 9.97 Å². The van der Waals surface area contributed by atoms with Crippen molar-refractivity contribution in [1.82, 2.24) is 19.5 Å². The first-order valence-electron chi connectivity index (χ1n) is 9.24. The van der Waals surface area contributed by atoms with Gasteiger partial charge in [-0.05, 0) is 39.3 Å². The van der Waals surface area contributed by atoms with Crippen molar-refractivity contribution in [3.8, 4) is 5.88 Å². The Morgan fingerprint density at radius 1 is 1.30 bits per heavy atom. The summed E-state index contributed by atoms with van der Waals surface area (Å²) in [7, 11) is 0. The van der Waals surface area contributed by atoms with Gasteiger partial charge in [0, 0.05) is 0 Å². The average Bonchev–Trinajstić information content (AvgIpc) is 3.12. The highest BCUT2D eigenvalue weighted by Gasteiger charge is 2.44. The number of fused-ring (bicyclic) bond motifs is 1. The molecule has 8 nitrogen and oxygen atoms in total. The maximum atomic E-state index is 10.6. The average molecular weight is 396 g/mol. The first-order valence-corrected chi connectivity index (χ1v) is 12.3. The van der Waals surface area contributed by atoms with Crippen LogP contribution in [-0.2, 0) is 4.74 Å². The topological polar surface area (TPSA) is 103 Å². The summed E-state index contributed by atoms with van der Waals surface area (Å²) in [6, 6.07) is 0. The molecule has 1 saturated heterocycles. The highest BCUT2D eigenvalue weighted by Crippen LogP contribution is 2.40. The van der Waals surface area contributed by atoms with Gasteiger partial charge in [0.05, 0.1) is 19.0 Å². The third-order valence-electron chi connectivity index (χ3n) is 4.57. The monoisotopic (exact) mass is 396 g/mol. The summed E-state index contributed by atoms with van der Waals surface area (Å²) in [6.45, 7) is 7.38. The molecular formula is C18H29N4O4P. The fraction of sp³-hybridized carbons (Fsp3) is 0.667. The summed E-state index contributed by atoms with van der Waals surface area (Å²) >= 11 is 0. The molecule has 1 unspecified atom stereocenters. The molecule has 0 amide bonds. The number of ether oxygens (including phenoxy) is 2. The van der Waals surface area contributed by atoms with Crippen molar-refractivity contribution in [3.63, 3.8) is 0 Å². The molecule has 3 rings (SSSR count). The van der Waals surface area contributed by atoms with Gasteiger partial charge in [-0.3, -0.25) is 4.57 Å². The highest BCUT2D eigenvalue weighted by atomic mass is 31.2. The van der Waals surface area contributed by atoms with Crippen LogP contribution in [0.1, 0.15) is 31.8 Å². The summed E-state index contributed by atoms with van der Waals surface area (Å²) in [5.74, 6) is 0.967. The minimum absolute atomic E-state index is 0.422. The van der Waals surface area contributed by atoms with Gasteiger partial charge in [0.15, 0.2) is 17.4 Å². The standard InChI is InChI=1S/C18H29N4O4P/c1-6-8-25-17-13-16(20-11(2)21-17)22(10-19-13)18-15(24)14(23)12(26-18)7-9-27(3,4)5/h10,12,14-15,18,23-24H,3,6-9H2,1-2,4-5H3/t12-,14-,15-,18?/m1/s1. The molecule has 9 heteroatoms. The van der Waals surface area contributed by atoms with Crippen LogP contribution >= 0.6 is 6.89 Å². The van der Waals surface area contributed by atoms with Crippen LogP contribution in [0, 0.1) is 6.92 Å². The van der Waals surface area contributed by atoms with Gasteiger partial charge in [0.2, 0.25) is 5.88 Å². The Bertz CT molecular complexity index is 849. The lowest BCUT2D eigenvalue weighted by atomic mass is 10.1. The molecule has 2 aromatic rings. The molecule has 3 heterocycles. The number of aryl methyl sites for hydroxylation is 1. The molecule has 27 heavy (non-hydrogen) atoms. The fourth-order valence-corrected chi connectivity index (χ4v) is 4.11. The molecule has 0 spiro atoms. The van der Waals surface area contributed by atoms with Crippen LogP contribution in [0.25, 0.3) is 11.2 Å². The number of hydrogen-bond donors (Lipinski definition) is 2. The van der Waals surface area contributed by atoms with E-state index in [1.54, 1.807) is 17.8 Å². The molecule has 2 aromatic heterocycles. The Hall–Kier alpha value is -1.47. The van der Waals surface area contributed by atoms with Gasteiger partial charge >= 0.3 is 0 Å². The molecule has 0 radical (unpaired) electrons. The molecule has 0 saturated carbocycles. The van der Waals surface area contributed by atoms with E-state index in [0.29, 0.717) is 35.9 Å². The number of rotatable bonds is 7. The van der Waals surface area contributed by atoms with E-state index in [1.807, 2.05) is 6.92 Å². The lowest BCUT2D eigenvalue weighted by Gasteiger charge is -2.18. The highest BCUT2D eigenvalue weighted by molar-refractivity contribution is 7.72. The van der Waals surface area contributed by atoms with Crippen molar-refractivity contribution in [1.29, 1.82) is 0 Å². The van der Waals surface area contributed by atoms with Crippen molar-refractivity contribution in [3.05, 3.63) is 12.2 Å². The second-order valence-corrected chi connectivity index (χ2v) is 12.1. The predicted octanol–water partition coefficient (Wildman–Crippen LogP) is 1.64. The predicted molar refractivity (Wildman–Crippen MR) is 107 cm³/mol. The molecule has 150 valence electrons. The Morgan fingerprint density at radius 3 is 2.70 bits per heavy atom. The van der Waals surface area contributed by atoms with Gasteiger partial charge in [-0.2, -0.15) is 4.98 Å². The van der Waals surface area contributed by atoms with Gasteiger partial charge in [-0.1, -0.05) is 6.92 Å². The summed E-state index contributed by atoms with van der Waals surface area (Å²) in [5, 5.41) is 21.0. The second kappa shape index (κ2) is 7.87. The number of imidazole rings is 1. The number of hydrogen-bond acceptors (Lipinski definition) is 7. The largest absolute Gasteiger partial charge is 0.476 e. The Morgan fingerprint density at radius 2 is 2.04 bits per heavy atom. The van der Waals surface area contributed by atoms with E-state index in [0.717, 1.165) is 12.6 Å². The maximum absolute atomic E-state index is 10.6. The number of nitrogens with zero attached hydrogens (tertiary/aromatic N) is 4. The van der Waals surface area contributed by atoms with E-state index in [4.69, 9.17) is 9.47 Å². The van der Waals surface area contributed by atoms with Crippen LogP contribution < -0.4 is 4.74 Å². The van der Waals surface area contributed by atoms with Crippen LogP contribution in [0.3, 0.4) is 0 Å². The summed E-state index contributed by atoms with van der Waals surface area (Å²) in [4.78, 5) is 13.1. The maximum Gasteiger partial charge on any atom is 0.245 e. The van der Waals surface area contributed by atoms with Crippen LogP contribution in [0.15, 0.2) is 6.33 Å². The van der Waals surface area contributed by atoms with Crippen molar-refractivity contribution in [2.75, 3.05) is 26.1 Å². The lowest BCUT2D eigenvalue weighted by molar-refractivity contribution is -0.0353. The summed E-state index contributed by atoms with van der Waals surface area (Å²) in [5.41, 5.74) is 1.04. The number of aliphatic hydroxyl groups excluding tert-OH is 2. The van der Waals surface area contributed by atoms with E-state index in [1.165, 1.54) is 0 Å². The molecule has 2 N–H and O–H groups in total. The molecule has 0 aliphatic carbocycles. The van der Waals surface area contributed by atoms with E-state index < -0.39 is 31.4 Å². The molecule has 0 aromatic carbocycles. The number of aliphatic hydroxyl groups is 2. The molecule has 0 bridgehead atoms. The lowest BCUT2D eigenvalue weighted by Crippen LogP contribution is -2.31. The third kappa shape index (κ3) is 4.35. The van der Waals surface area contributed by atoms with E-state index in [9.17, 15) is 10.2 Å². The zero-order valence-corrected chi connectivity index (χ0v) is 17.3. The van der Waals surface area contributed by atoms with Crippen molar-refractivity contribution < 1.29 is 19.7 Å². The normalized spacial score (nSPS) is 26.0. The van der Waals surface area contributed by atoms with Crippen LogP contribution in [0.5, 0.6) is 5.88 Å². The third-order valence-corrected chi connectivity index (χ3v) is 6.04. The zero-order chi connectivity index (χ0) is 19.8. The van der Waals surface area contributed by atoms with E-state index in [-0.39, 0.29) is 0 Å². The van der Waals surface area contributed by atoms with E-state index >= 15 is 0 Å². The zero-order valence-electron chi connectivity index (χ0n) is 16.4. The molecular weight excluding hydrogens is 367 g/mol. The van der Waals surface area contributed by atoms with Crippen LogP contribution in [0.2, 0.25) is 0 Å².